The summed E-state index contributed by atoms with van der Waals surface area (Å²) in [5.41, 5.74) is 5.43. The minimum absolute atomic E-state index is 0.0302. The minimum Gasteiger partial charge on any atom is -0.497 e. The van der Waals surface area contributed by atoms with E-state index in [2.05, 4.69) is 5.32 Å². The highest BCUT2D eigenvalue weighted by Gasteiger charge is 2.12. The summed E-state index contributed by atoms with van der Waals surface area (Å²) in [7, 11) is 1.48. The van der Waals surface area contributed by atoms with Gasteiger partial charge in [0.1, 0.15) is 11.5 Å². The summed E-state index contributed by atoms with van der Waals surface area (Å²) in [4.78, 5) is 22.8. The fraction of sp³-hybridized carbons (Fsp3) is 0.385. The lowest BCUT2D eigenvalue weighted by molar-refractivity contribution is -0.123. The summed E-state index contributed by atoms with van der Waals surface area (Å²) in [5.74, 6) is -0.153. The van der Waals surface area contributed by atoms with Gasteiger partial charge >= 0.3 is 0 Å². The van der Waals surface area contributed by atoms with Crippen molar-refractivity contribution >= 4 is 11.8 Å². The lowest BCUT2D eigenvalue weighted by atomic mass is 10.2. The number of ether oxygens (including phenoxy) is 2. The summed E-state index contributed by atoms with van der Waals surface area (Å²) in [6, 6.07) is 4.67. The SMILES string of the molecule is COc1ccc(OCC(=O)NC(C)C)c(C(N)=O)c1. The maximum atomic E-state index is 11.5. The fourth-order valence-electron chi connectivity index (χ4n) is 1.46. The number of rotatable bonds is 6. The molecular formula is C13H18N2O4. The van der Waals surface area contributed by atoms with Crippen LogP contribution in [0.25, 0.3) is 0 Å². The first-order valence-electron chi connectivity index (χ1n) is 5.84. The van der Waals surface area contributed by atoms with Crippen LogP contribution < -0.4 is 20.5 Å². The molecule has 0 aliphatic rings. The zero-order valence-corrected chi connectivity index (χ0v) is 11.2. The van der Waals surface area contributed by atoms with Crippen LogP contribution >= 0.6 is 0 Å². The van der Waals surface area contributed by atoms with Gasteiger partial charge in [-0.15, -0.1) is 0 Å². The van der Waals surface area contributed by atoms with Crippen LogP contribution in [0.2, 0.25) is 0 Å². The average molecular weight is 266 g/mol. The van der Waals surface area contributed by atoms with Crippen LogP contribution in [-0.2, 0) is 4.79 Å². The zero-order chi connectivity index (χ0) is 14.4. The molecule has 0 bridgehead atoms. The van der Waals surface area contributed by atoms with E-state index in [0.717, 1.165) is 0 Å². The molecule has 19 heavy (non-hydrogen) atoms. The molecule has 104 valence electrons. The van der Waals surface area contributed by atoms with Crippen LogP contribution in [0.3, 0.4) is 0 Å². The van der Waals surface area contributed by atoms with Gasteiger partial charge in [-0.25, -0.2) is 0 Å². The summed E-state index contributed by atoms with van der Waals surface area (Å²) in [6.07, 6.45) is 0. The molecule has 0 saturated carbocycles. The Morgan fingerprint density at radius 1 is 1.37 bits per heavy atom. The summed E-state index contributed by atoms with van der Waals surface area (Å²) >= 11 is 0. The van der Waals surface area contributed by atoms with Crippen LogP contribution in [0.5, 0.6) is 11.5 Å². The third kappa shape index (κ3) is 4.50. The smallest absolute Gasteiger partial charge is 0.258 e. The van der Waals surface area contributed by atoms with Crippen molar-refractivity contribution in [2.75, 3.05) is 13.7 Å². The molecule has 1 aromatic carbocycles. The molecule has 1 aromatic rings. The quantitative estimate of drug-likeness (QED) is 0.793. The largest absolute Gasteiger partial charge is 0.497 e. The number of carbonyl (C=O) groups is 2. The van der Waals surface area contributed by atoms with Crippen LogP contribution in [0.4, 0.5) is 0 Å². The molecule has 0 heterocycles. The van der Waals surface area contributed by atoms with Gasteiger partial charge in [0, 0.05) is 6.04 Å². The van der Waals surface area contributed by atoms with E-state index in [9.17, 15) is 9.59 Å². The molecule has 0 saturated heterocycles. The molecule has 0 unspecified atom stereocenters. The normalized spacial score (nSPS) is 10.1. The van der Waals surface area contributed by atoms with Crippen molar-refractivity contribution in [1.29, 1.82) is 0 Å². The first-order chi connectivity index (χ1) is 8.93. The van der Waals surface area contributed by atoms with E-state index >= 15 is 0 Å². The molecule has 6 nitrogen and oxygen atoms in total. The monoisotopic (exact) mass is 266 g/mol. The van der Waals surface area contributed by atoms with Crippen LogP contribution in [0, 0.1) is 0 Å². The first kappa shape index (κ1) is 14.8. The van der Waals surface area contributed by atoms with Gasteiger partial charge in [-0.2, -0.15) is 0 Å². The number of nitrogens with two attached hydrogens (primary N) is 1. The highest BCUT2D eigenvalue weighted by Crippen LogP contribution is 2.23. The first-order valence-corrected chi connectivity index (χ1v) is 5.84. The second-order valence-corrected chi connectivity index (χ2v) is 4.24. The number of nitrogens with one attached hydrogen (secondary N) is 1. The fourth-order valence-corrected chi connectivity index (χ4v) is 1.46. The Bertz CT molecular complexity index is 472. The zero-order valence-electron chi connectivity index (χ0n) is 11.2. The predicted molar refractivity (Wildman–Crippen MR) is 70.3 cm³/mol. The maximum absolute atomic E-state index is 11.5. The van der Waals surface area contributed by atoms with Crippen molar-refractivity contribution in [2.45, 2.75) is 19.9 Å². The molecule has 0 aliphatic heterocycles. The van der Waals surface area contributed by atoms with Gasteiger partial charge in [0.05, 0.1) is 12.7 Å². The van der Waals surface area contributed by atoms with E-state index in [1.165, 1.54) is 13.2 Å². The summed E-state index contributed by atoms with van der Waals surface area (Å²) < 4.78 is 10.3. The van der Waals surface area contributed by atoms with Gasteiger partial charge in [0.15, 0.2) is 6.61 Å². The van der Waals surface area contributed by atoms with Gasteiger partial charge in [-0.1, -0.05) is 0 Å². The van der Waals surface area contributed by atoms with E-state index in [1.54, 1.807) is 12.1 Å². The Labute approximate surface area is 111 Å². The molecule has 3 N–H and O–H groups in total. The molecule has 0 aromatic heterocycles. The maximum Gasteiger partial charge on any atom is 0.258 e. The lowest BCUT2D eigenvalue weighted by Crippen LogP contribution is -2.34. The lowest BCUT2D eigenvalue weighted by Gasteiger charge is -2.12. The Morgan fingerprint density at radius 2 is 2.05 bits per heavy atom. The molecule has 0 radical (unpaired) electrons. The average Bonchev–Trinajstić information content (AvgIpc) is 2.35. The van der Waals surface area contributed by atoms with Crippen LogP contribution in [0.15, 0.2) is 18.2 Å². The molecule has 0 atom stereocenters. The van der Waals surface area contributed by atoms with Gasteiger partial charge in [0.25, 0.3) is 11.8 Å². The molecule has 0 spiro atoms. The second kappa shape index (κ2) is 6.63. The van der Waals surface area contributed by atoms with Crippen molar-refractivity contribution in [3.05, 3.63) is 23.8 Å². The van der Waals surface area contributed by atoms with E-state index < -0.39 is 5.91 Å². The van der Waals surface area contributed by atoms with Crippen LogP contribution in [0.1, 0.15) is 24.2 Å². The number of amides is 2. The molecule has 1 rings (SSSR count). The van der Waals surface area contributed by atoms with Crippen molar-refractivity contribution < 1.29 is 19.1 Å². The minimum atomic E-state index is -0.641. The highest BCUT2D eigenvalue weighted by molar-refractivity contribution is 5.96. The Balaban J connectivity index is 2.77. The van der Waals surface area contributed by atoms with Crippen molar-refractivity contribution in [3.63, 3.8) is 0 Å². The number of primary amides is 1. The Morgan fingerprint density at radius 3 is 2.58 bits per heavy atom. The van der Waals surface area contributed by atoms with E-state index in [4.69, 9.17) is 15.2 Å². The molecular weight excluding hydrogens is 248 g/mol. The number of methoxy groups -OCH3 is 1. The second-order valence-electron chi connectivity index (χ2n) is 4.24. The third-order valence-electron chi connectivity index (χ3n) is 2.26. The van der Waals surface area contributed by atoms with E-state index in [0.29, 0.717) is 5.75 Å². The standard InChI is InChI=1S/C13H18N2O4/c1-8(2)15-12(16)7-19-11-5-4-9(18-3)6-10(11)13(14)17/h4-6,8H,7H2,1-3H3,(H2,14,17)(H,15,16). The van der Waals surface area contributed by atoms with Crippen molar-refractivity contribution in [1.82, 2.24) is 5.32 Å². The predicted octanol–water partition coefficient (Wildman–Crippen LogP) is 0.698. The topological polar surface area (TPSA) is 90.7 Å². The van der Waals surface area contributed by atoms with Crippen molar-refractivity contribution in [2.24, 2.45) is 5.73 Å². The third-order valence-corrected chi connectivity index (χ3v) is 2.26. The van der Waals surface area contributed by atoms with Gasteiger partial charge in [0.2, 0.25) is 0 Å². The highest BCUT2D eigenvalue weighted by atomic mass is 16.5. The van der Waals surface area contributed by atoms with Gasteiger partial charge in [-0.3, -0.25) is 9.59 Å². The number of benzene rings is 1. The Hall–Kier alpha value is -2.24. The van der Waals surface area contributed by atoms with Gasteiger partial charge in [-0.05, 0) is 32.0 Å². The summed E-state index contributed by atoms with van der Waals surface area (Å²) in [5, 5.41) is 2.68. The molecule has 6 heteroatoms. The van der Waals surface area contributed by atoms with Crippen LogP contribution in [-0.4, -0.2) is 31.6 Å². The number of hydrogen-bond acceptors (Lipinski definition) is 4. The number of hydrogen-bond donors (Lipinski definition) is 2. The van der Waals surface area contributed by atoms with Gasteiger partial charge < -0.3 is 20.5 Å². The molecule has 0 fully saturated rings. The number of carbonyl (C=O) groups excluding carboxylic acids is 2. The van der Waals surface area contributed by atoms with E-state index in [-0.39, 0.29) is 29.9 Å². The van der Waals surface area contributed by atoms with E-state index in [1.807, 2.05) is 13.8 Å². The molecule has 2 amide bonds. The van der Waals surface area contributed by atoms with Crippen molar-refractivity contribution in [3.8, 4) is 11.5 Å². The Kier molecular flexibility index (Phi) is 5.17. The molecule has 0 aliphatic carbocycles. The summed E-state index contributed by atoms with van der Waals surface area (Å²) in [6.45, 7) is 3.52.